The lowest BCUT2D eigenvalue weighted by Gasteiger charge is -2.23. The van der Waals surface area contributed by atoms with Crippen LogP contribution < -0.4 is 10.2 Å². The molecule has 5 nitrogen and oxygen atoms in total. The van der Waals surface area contributed by atoms with E-state index >= 15 is 0 Å². The highest BCUT2D eigenvalue weighted by Crippen LogP contribution is 2.16. The van der Waals surface area contributed by atoms with Crippen molar-refractivity contribution in [2.75, 3.05) is 25.0 Å². The summed E-state index contributed by atoms with van der Waals surface area (Å²) in [5.74, 6) is 1.43. The van der Waals surface area contributed by atoms with E-state index in [1.807, 2.05) is 18.9 Å². The van der Waals surface area contributed by atoms with Crippen molar-refractivity contribution >= 4 is 5.82 Å². The maximum Gasteiger partial charge on any atom is 0.150 e. The molecule has 0 aliphatic carbocycles. The molecule has 0 amide bonds. The summed E-state index contributed by atoms with van der Waals surface area (Å²) in [6.07, 6.45) is 4.01. The summed E-state index contributed by atoms with van der Waals surface area (Å²) in [4.78, 5) is 10.4. The zero-order valence-electron chi connectivity index (χ0n) is 10.3. The fourth-order valence-electron chi connectivity index (χ4n) is 2.16. The summed E-state index contributed by atoms with van der Waals surface area (Å²) in [6.45, 7) is 3.81. The number of aromatic nitrogens is 2. The predicted octanol–water partition coefficient (Wildman–Crippen LogP) is 0.845. The Morgan fingerprint density at radius 3 is 3.12 bits per heavy atom. The highest BCUT2D eigenvalue weighted by Gasteiger charge is 2.18. The molecule has 1 fully saturated rings. The Labute approximate surface area is 101 Å². The first-order chi connectivity index (χ1) is 8.20. The van der Waals surface area contributed by atoms with Gasteiger partial charge in [-0.15, -0.1) is 0 Å². The van der Waals surface area contributed by atoms with Gasteiger partial charge in [-0.3, -0.25) is 0 Å². The molecule has 17 heavy (non-hydrogen) atoms. The van der Waals surface area contributed by atoms with E-state index in [2.05, 4.69) is 21.4 Å². The smallest absolute Gasteiger partial charge is 0.150 e. The van der Waals surface area contributed by atoms with Crippen LogP contribution in [0.2, 0.25) is 0 Å². The van der Waals surface area contributed by atoms with E-state index in [0.29, 0.717) is 17.4 Å². The highest BCUT2D eigenvalue weighted by atomic mass is 15.2. The molecule has 1 aromatic heterocycles. The van der Waals surface area contributed by atoms with Gasteiger partial charge in [0.15, 0.2) is 0 Å². The predicted molar refractivity (Wildman–Crippen MR) is 65.8 cm³/mol. The first-order valence-electron chi connectivity index (χ1n) is 5.89. The largest absolute Gasteiger partial charge is 0.357 e. The van der Waals surface area contributed by atoms with Crippen LogP contribution in [0.3, 0.4) is 0 Å². The van der Waals surface area contributed by atoms with Gasteiger partial charge in [-0.2, -0.15) is 5.26 Å². The van der Waals surface area contributed by atoms with Crippen LogP contribution in [0.25, 0.3) is 0 Å². The molecule has 1 aliphatic heterocycles. The molecule has 1 aliphatic rings. The fraction of sp³-hybridized carbons (Fsp3) is 0.583. The lowest BCUT2D eigenvalue weighted by molar-refractivity contribution is 0.596. The number of rotatable bonds is 3. The molecule has 0 bridgehead atoms. The van der Waals surface area contributed by atoms with Gasteiger partial charge in [0.1, 0.15) is 23.3 Å². The number of hydrogen-bond acceptors (Lipinski definition) is 5. The van der Waals surface area contributed by atoms with E-state index in [0.717, 1.165) is 18.9 Å². The van der Waals surface area contributed by atoms with Crippen molar-refractivity contribution in [2.45, 2.75) is 25.8 Å². The van der Waals surface area contributed by atoms with Crippen LogP contribution in [0.5, 0.6) is 0 Å². The zero-order chi connectivity index (χ0) is 12.3. The second kappa shape index (κ2) is 5.11. The van der Waals surface area contributed by atoms with Gasteiger partial charge >= 0.3 is 0 Å². The molecular weight excluding hydrogens is 214 g/mol. The molecule has 2 heterocycles. The molecule has 2 rings (SSSR count). The normalized spacial score (nSPS) is 19.0. The first kappa shape index (κ1) is 11.8. The van der Waals surface area contributed by atoms with Crippen LogP contribution in [0, 0.1) is 18.3 Å². The van der Waals surface area contributed by atoms with Crippen molar-refractivity contribution in [3.63, 3.8) is 0 Å². The molecule has 0 saturated carbocycles. The van der Waals surface area contributed by atoms with E-state index in [4.69, 9.17) is 5.26 Å². The molecule has 0 spiro atoms. The second-order valence-corrected chi connectivity index (χ2v) is 4.44. The fourth-order valence-corrected chi connectivity index (χ4v) is 2.16. The van der Waals surface area contributed by atoms with Crippen LogP contribution in [0.1, 0.15) is 24.2 Å². The van der Waals surface area contributed by atoms with Crippen molar-refractivity contribution in [3.05, 3.63) is 17.6 Å². The Hall–Kier alpha value is -1.67. The third-order valence-corrected chi connectivity index (χ3v) is 3.03. The van der Waals surface area contributed by atoms with Crippen LogP contribution in [0.4, 0.5) is 5.82 Å². The third kappa shape index (κ3) is 2.71. The summed E-state index contributed by atoms with van der Waals surface area (Å²) < 4.78 is 0. The van der Waals surface area contributed by atoms with Crippen LogP contribution in [-0.2, 0) is 0 Å². The number of nitrogens with one attached hydrogen (secondary N) is 1. The van der Waals surface area contributed by atoms with Crippen molar-refractivity contribution in [3.8, 4) is 6.07 Å². The Bertz CT molecular complexity index is 431. The molecule has 1 unspecified atom stereocenters. The summed E-state index contributed by atoms with van der Waals surface area (Å²) in [5, 5.41) is 12.5. The van der Waals surface area contributed by atoms with Crippen LogP contribution in [-0.4, -0.2) is 36.1 Å². The lowest BCUT2D eigenvalue weighted by atomic mass is 10.2. The monoisotopic (exact) mass is 231 g/mol. The number of nitrogens with zero attached hydrogens (tertiary/aromatic N) is 4. The average Bonchev–Trinajstić information content (AvgIpc) is 2.81. The molecule has 1 saturated heterocycles. The van der Waals surface area contributed by atoms with Gasteiger partial charge in [0, 0.05) is 19.6 Å². The Morgan fingerprint density at radius 2 is 2.47 bits per heavy atom. The zero-order valence-corrected chi connectivity index (χ0v) is 10.3. The molecular formula is C12H17N5. The number of nitriles is 1. The van der Waals surface area contributed by atoms with E-state index in [9.17, 15) is 0 Å². The first-order valence-corrected chi connectivity index (χ1v) is 5.89. The van der Waals surface area contributed by atoms with Gasteiger partial charge in [-0.25, -0.2) is 9.97 Å². The highest BCUT2D eigenvalue weighted by molar-refractivity contribution is 5.52. The van der Waals surface area contributed by atoms with Gasteiger partial charge in [-0.05, 0) is 26.3 Å². The minimum atomic E-state index is 0.502. The van der Waals surface area contributed by atoms with E-state index in [1.54, 1.807) is 6.20 Å². The Balaban J connectivity index is 2.14. The second-order valence-electron chi connectivity index (χ2n) is 4.44. The molecule has 1 atom stereocenters. The quantitative estimate of drug-likeness (QED) is 0.835. The summed E-state index contributed by atoms with van der Waals surface area (Å²) in [6, 6.07) is 2.64. The number of anilines is 1. The molecule has 0 radical (unpaired) electrons. The van der Waals surface area contributed by atoms with Crippen molar-refractivity contribution in [1.29, 1.82) is 5.26 Å². The van der Waals surface area contributed by atoms with Crippen LogP contribution in [0.15, 0.2) is 6.20 Å². The Morgan fingerprint density at radius 1 is 1.65 bits per heavy atom. The molecule has 90 valence electrons. The molecule has 0 aromatic carbocycles. The number of aryl methyl sites for hydroxylation is 1. The van der Waals surface area contributed by atoms with Gasteiger partial charge < -0.3 is 10.2 Å². The summed E-state index contributed by atoms with van der Waals surface area (Å²) in [7, 11) is 1.97. The average molecular weight is 231 g/mol. The van der Waals surface area contributed by atoms with Crippen LogP contribution >= 0.6 is 0 Å². The van der Waals surface area contributed by atoms with E-state index in [-0.39, 0.29) is 0 Å². The lowest BCUT2D eigenvalue weighted by Crippen LogP contribution is -2.36. The number of hydrogen-bond donors (Lipinski definition) is 1. The van der Waals surface area contributed by atoms with Crippen molar-refractivity contribution in [2.24, 2.45) is 0 Å². The Kier molecular flexibility index (Phi) is 3.55. The molecule has 5 heteroatoms. The standard InChI is InChI=1S/C12H17N5/c1-9-15-7-10(6-13)12(16-9)17(2)8-11-4-3-5-14-11/h7,11,14H,3-5,8H2,1-2H3. The number of likely N-dealkylation sites (N-methyl/N-ethyl adjacent to an activating group) is 1. The van der Waals surface area contributed by atoms with Gasteiger partial charge in [0.05, 0.1) is 6.20 Å². The van der Waals surface area contributed by atoms with E-state index < -0.39 is 0 Å². The van der Waals surface area contributed by atoms with Gasteiger partial charge in [-0.1, -0.05) is 0 Å². The van der Waals surface area contributed by atoms with Crippen molar-refractivity contribution in [1.82, 2.24) is 15.3 Å². The topological polar surface area (TPSA) is 64.8 Å². The maximum atomic E-state index is 9.05. The SMILES string of the molecule is Cc1ncc(C#N)c(N(C)CC2CCCN2)n1. The van der Waals surface area contributed by atoms with Crippen molar-refractivity contribution < 1.29 is 0 Å². The van der Waals surface area contributed by atoms with Gasteiger partial charge in [0.2, 0.25) is 0 Å². The maximum absolute atomic E-state index is 9.05. The summed E-state index contributed by atoms with van der Waals surface area (Å²) >= 11 is 0. The van der Waals surface area contributed by atoms with E-state index in [1.165, 1.54) is 12.8 Å². The third-order valence-electron chi connectivity index (χ3n) is 3.03. The summed E-state index contributed by atoms with van der Waals surface area (Å²) in [5.41, 5.74) is 0.538. The van der Waals surface area contributed by atoms with Gasteiger partial charge in [0.25, 0.3) is 0 Å². The minimum Gasteiger partial charge on any atom is -0.357 e. The minimum absolute atomic E-state index is 0.502. The molecule has 1 aromatic rings. The molecule has 1 N–H and O–H groups in total.